The number of unbranched alkanes of at least 4 members (excludes halogenated alkanes) is 20. The van der Waals surface area contributed by atoms with Gasteiger partial charge in [0.15, 0.2) is 6.10 Å². The Morgan fingerprint density at radius 1 is 0.508 bits per heavy atom. The number of carbonyl (C=O) groups is 2. The summed E-state index contributed by atoms with van der Waals surface area (Å²) < 4.78 is 34.3. The normalized spacial score (nSPS) is 14.0. The second-order valence-electron chi connectivity index (χ2n) is 17.5. The van der Waals surface area contributed by atoms with Gasteiger partial charge in [0.05, 0.1) is 27.7 Å². The van der Waals surface area contributed by atoms with E-state index >= 15 is 0 Å². The molecule has 0 spiro atoms. The van der Waals surface area contributed by atoms with Crippen LogP contribution in [-0.4, -0.2) is 74.9 Å². The van der Waals surface area contributed by atoms with Crippen molar-refractivity contribution in [1.82, 2.24) is 0 Å². The number of phosphoric acid groups is 1. The fraction of sp³-hybridized carbons (Fsp3) is 0.765. The average Bonchev–Trinajstić information content (AvgIpc) is 3.21. The smallest absolute Gasteiger partial charge is 0.462 e. The number of allylic oxidation sites excluding steroid dienone is 10. The number of nitrogens with zero attached hydrogens (tertiary/aromatic N) is 1. The van der Waals surface area contributed by atoms with E-state index < -0.39 is 32.5 Å². The molecule has 0 aliphatic heterocycles. The zero-order valence-corrected chi connectivity index (χ0v) is 40.8. The molecule has 0 saturated carbocycles. The van der Waals surface area contributed by atoms with E-state index in [0.717, 1.165) is 38.5 Å². The lowest BCUT2D eigenvalue weighted by Gasteiger charge is -2.24. The third-order valence-electron chi connectivity index (χ3n) is 10.3. The molecule has 0 heterocycles. The van der Waals surface area contributed by atoms with Crippen molar-refractivity contribution in [2.75, 3.05) is 47.5 Å². The Hall–Kier alpha value is -2.29. The van der Waals surface area contributed by atoms with Gasteiger partial charge in [0.1, 0.15) is 19.8 Å². The van der Waals surface area contributed by atoms with Crippen LogP contribution in [0.2, 0.25) is 0 Å². The summed E-state index contributed by atoms with van der Waals surface area (Å²) in [5.74, 6) is -0.891. The molecule has 2 atom stereocenters. The third-order valence-corrected chi connectivity index (χ3v) is 11.3. The van der Waals surface area contributed by atoms with Crippen molar-refractivity contribution in [3.05, 3.63) is 60.8 Å². The molecule has 0 aliphatic rings. The number of likely N-dealkylation sites (N-methyl/N-ethyl adjacent to an activating group) is 1. The van der Waals surface area contributed by atoms with Crippen molar-refractivity contribution in [1.29, 1.82) is 0 Å². The molecule has 0 aromatic carbocycles. The quantitative estimate of drug-likeness (QED) is 0.0212. The maximum Gasteiger partial charge on any atom is 0.472 e. The van der Waals surface area contributed by atoms with Crippen LogP contribution in [0.15, 0.2) is 60.8 Å². The van der Waals surface area contributed by atoms with Crippen molar-refractivity contribution < 1.29 is 42.1 Å². The first-order chi connectivity index (χ1) is 29.5. The molecule has 0 fully saturated rings. The molecule has 0 rings (SSSR count). The van der Waals surface area contributed by atoms with Crippen LogP contribution in [0, 0.1) is 0 Å². The van der Waals surface area contributed by atoms with Gasteiger partial charge in [0, 0.05) is 12.8 Å². The molecule has 0 aliphatic carbocycles. The van der Waals surface area contributed by atoms with Crippen molar-refractivity contribution in [2.45, 2.75) is 206 Å². The minimum atomic E-state index is -4.39. The molecule has 0 bridgehead atoms. The SMILES string of the molecule is CCCCC/C=C/C/C=C/C/C=C/C/C=C/C/C=C/CCC(=O)OC[C@H](COP(=O)(O)OCC[N+](C)(C)C)OC(=O)CCCCCCCCCCCCCCCCCCCC. The van der Waals surface area contributed by atoms with Crippen molar-refractivity contribution in [3.63, 3.8) is 0 Å². The average molecular weight is 879 g/mol. The van der Waals surface area contributed by atoms with Gasteiger partial charge < -0.3 is 18.9 Å². The number of esters is 2. The highest BCUT2D eigenvalue weighted by Gasteiger charge is 2.27. The van der Waals surface area contributed by atoms with Crippen LogP contribution in [0.25, 0.3) is 0 Å². The van der Waals surface area contributed by atoms with E-state index in [9.17, 15) is 19.0 Å². The van der Waals surface area contributed by atoms with Gasteiger partial charge >= 0.3 is 19.8 Å². The molecule has 1 unspecified atom stereocenters. The number of phosphoric ester groups is 1. The van der Waals surface area contributed by atoms with Gasteiger partial charge in [0.25, 0.3) is 0 Å². The molecule has 0 amide bonds. The van der Waals surface area contributed by atoms with Crippen LogP contribution in [0.1, 0.15) is 200 Å². The zero-order valence-electron chi connectivity index (χ0n) is 39.9. The van der Waals surface area contributed by atoms with E-state index in [4.69, 9.17) is 18.5 Å². The Morgan fingerprint density at radius 3 is 1.38 bits per heavy atom. The Bertz CT molecular complexity index is 1220. The van der Waals surface area contributed by atoms with Crippen LogP contribution in [0.3, 0.4) is 0 Å². The molecule has 10 heteroatoms. The summed E-state index contributed by atoms with van der Waals surface area (Å²) in [4.78, 5) is 35.4. The molecule has 1 N–H and O–H groups in total. The Morgan fingerprint density at radius 2 is 0.918 bits per heavy atom. The zero-order chi connectivity index (χ0) is 45.0. The number of hydrogen-bond donors (Lipinski definition) is 1. The Balaban J connectivity index is 4.40. The Kier molecular flexibility index (Phi) is 41.4. The predicted octanol–water partition coefficient (Wildman–Crippen LogP) is 14.4. The number of quaternary nitrogens is 1. The molecule has 354 valence electrons. The summed E-state index contributed by atoms with van der Waals surface area (Å²) >= 11 is 0. The highest BCUT2D eigenvalue weighted by molar-refractivity contribution is 7.47. The van der Waals surface area contributed by atoms with Crippen molar-refractivity contribution >= 4 is 19.8 Å². The number of ether oxygens (including phenoxy) is 2. The van der Waals surface area contributed by atoms with Gasteiger partial charge in [-0.3, -0.25) is 18.6 Å². The summed E-state index contributed by atoms with van der Waals surface area (Å²) in [6, 6.07) is 0. The number of rotatable bonds is 44. The first-order valence-corrected chi connectivity index (χ1v) is 26.0. The van der Waals surface area contributed by atoms with Crippen molar-refractivity contribution in [2.24, 2.45) is 0 Å². The van der Waals surface area contributed by atoms with Crippen LogP contribution < -0.4 is 0 Å². The fourth-order valence-corrected chi connectivity index (χ4v) is 7.21. The Labute approximate surface area is 375 Å². The van der Waals surface area contributed by atoms with Gasteiger partial charge in [-0.25, -0.2) is 4.57 Å². The topological polar surface area (TPSA) is 108 Å². The lowest BCUT2D eigenvalue weighted by molar-refractivity contribution is -0.870. The fourth-order valence-electron chi connectivity index (χ4n) is 6.47. The standard InChI is InChI=1S/C51H92NO8P/c1-6-8-10-12-14-16-18-20-22-24-26-28-29-31-33-35-37-39-41-43-50(53)57-47-49(48-59-61(55,56)58-46-45-52(3,4)5)60-51(54)44-42-40-38-36-34-32-30-27-25-23-21-19-17-15-13-11-9-7-2/h14,16,20,22,26,28,31,33,37,39,49H,6-13,15,17-19,21,23-25,27,29-30,32,34-36,38,40-48H2,1-5H3/p+1/b16-14+,22-20+,28-26+,33-31+,39-37+/t49-/m1/s1. The van der Waals surface area contributed by atoms with Gasteiger partial charge in [-0.2, -0.15) is 0 Å². The van der Waals surface area contributed by atoms with Crippen molar-refractivity contribution in [3.8, 4) is 0 Å². The maximum atomic E-state index is 12.7. The summed E-state index contributed by atoms with van der Waals surface area (Å²) in [5, 5.41) is 0. The van der Waals surface area contributed by atoms with E-state index in [1.165, 1.54) is 122 Å². The molecule has 9 nitrogen and oxygen atoms in total. The molecule has 0 aromatic heterocycles. The molecule has 61 heavy (non-hydrogen) atoms. The summed E-state index contributed by atoms with van der Waals surface area (Å²) in [6.07, 6.45) is 52.8. The van der Waals surface area contributed by atoms with Crippen LogP contribution in [0.5, 0.6) is 0 Å². The molecule has 0 radical (unpaired) electrons. The number of hydrogen-bond acceptors (Lipinski definition) is 7. The van der Waals surface area contributed by atoms with Gasteiger partial charge in [-0.1, -0.05) is 197 Å². The largest absolute Gasteiger partial charge is 0.472 e. The highest BCUT2D eigenvalue weighted by atomic mass is 31.2. The van der Waals surface area contributed by atoms with E-state index in [0.29, 0.717) is 23.9 Å². The van der Waals surface area contributed by atoms with E-state index in [1.54, 1.807) is 0 Å². The van der Waals surface area contributed by atoms with Gasteiger partial charge in [0.2, 0.25) is 0 Å². The molecular formula is C51H93NO8P+. The summed E-state index contributed by atoms with van der Waals surface area (Å²) in [5.41, 5.74) is 0. The van der Waals surface area contributed by atoms with Gasteiger partial charge in [-0.05, 0) is 51.4 Å². The highest BCUT2D eigenvalue weighted by Crippen LogP contribution is 2.43. The van der Waals surface area contributed by atoms with E-state index in [-0.39, 0.29) is 26.1 Å². The van der Waals surface area contributed by atoms with E-state index in [1.807, 2.05) is 33.3 Å². The summed E-state index contributed by atoms with van der Waals surface area (Å²) in [6.45, 7) is 4.33. The van der Waals surface area contributed by atoms with Crippen LogP contribution >= 0.6 is 7.82 Å². The van der Waals surface area contributed by atoms with E-state index in [2.05, 4.69) is 62.5 Å². The third kappa shape index (κ3) is 47.0. The monoisotopic (exact) mass is 879 g/mol. The first-order valence-electron chi connectivity index (χ1n) is 24.5. The minimum Gasteiger partial charge on any atom is -0.462 e. The lowest BCUT2D eigenvalue weighted by Crippen LogP contribution is -2.37. The molecule has 0 saturated heterocycles. The van der Waals surface area contributed by atoms with Crippen LogP contribution in [0.4, 0.5) is 0 Å². The van der Waals surface area contributed by atoms with Crippen LogP contribution in [-0.2, 0) is 32.7 Å². The first kappa shape index (κ1) is 58.7. The molecule has 0 aromatic rings. The minimum absolute atomic E-state index is 0.0198. The maximum absolute atomic E-state index is 12.7. The second kappa shape index (κ2) is 43.0. The lowest BCUT2D eigenvalue weighted by atomic mass is 10.0. The molecular weight excluding hydrogens is 786 g/mol. The second-order valence-corrected chi connectivity index (χ2v) is 19.0. The number of carbonyl (C=O) groups excluding carboxylic acids is 2. The van der Waals surface area contributed by atoms with Gasteiger partial charge in [-0.15, -0.1) is 0 Å². The predicted molar refractivity (Wildman–Crippen MR) is 256 cm³/mol. The summed E-state index contributed by atoms with van der Waals surface area (Å²) in [7, 11) is 1.44.